The molecule has 1 aromatic heterocycles. The predicted octanol–water partition coefficient (Wildman–Crippen LogP) is 1.24. The molecule has 0 bridgehead atoms. The number of amides is 1. The van der Waals surface area contributed by atoms with Crippen molar-refractivity contribution in [1.29, 1.82) is 0 Å². The highest BCUT2D eigenvalue weighted by atomic mass is 16.5. The Bertz CT molecular complexity index is 610. The van der Waals surface area contributed by atoms with E-state index >= 15 is 0 Å². The molecule has 0 atom stereocenters. The van der Waals surface area contributed by atoms with E-state index in [0.717, 1.165) is 18.7 Å². The third-order valence-corrected chi connectivity index (χ3v) is 3.49. The van der Waals surface area contributed by atoms with Gasteiger partial charge in [0.15, 0.2) is 0 Å². The van der Waals surface area contributed by atoms with Gasteiger partial charge in [0.25, 0.3) is 5.91 Å². The number of hydrogen-bond donors (Lipinski definition) is 1. The maximum Gasteiger partial charge on any atom is 0.254 e. The molecule has 1 aromatic carbocycles. The number of anilines is 1. The first-order chi connectivity index (χ1) is 10.8. The van der Waals surface area contributed by atoms with E-state index < -0.39 is 0 Å². The Labute approximate surface area is 129 Å². The van der Waals surface area contributed by atoms with Gasteiger partial charge in [0.2, 0.25) is 5.95 Å². The molecule has 1 saturated heterocycles. The van der Waals surface area contributed by atoms with Crippen LogP contribution in [0.4, 0.5) is 5.95 Å². The molecular weight excluding hydrogens is 280 g/mol. The number of nitrogens with one attached hydrogen (secondary N) is 1. The second-order valence-electron chi connectivity index (χ2n) is 5.04. The van der Waals surface area contributed by atoms with Crippen molar-refractivity contribution >= 4 is 11.9 Å². The van der Waals surface area contributed by atoms with Crippen molar-refractivity contribution in [3.63, 3.8) is 0 Å². The molecule has 0 aliphatic carbocycles. The van der Waals surface area contributed by atoms with E-state index in [1.165, 1.54) is 0 Å². The normalized spacial score (nSPS) is 14.6. The molecule has 2 heterocycles. The van der Waals surface area contributed by atoms with Crippen molar-refractivity contribution in [2.24, 2.45) is 0 Å². The number of ether oxygens (including phenoxy) is 1. The molecule has 1 aliphatic rings. The molecule has 1 N–H and O–H groups in total. The number of aromatic nitrogens is 2. The van der Waals surface area contributed by atoms with Crippen molar-refractivity contribution < 1.29 is 9.53 Å². The summed E-state index contributed by atoms with van der Waals surface area (Å²) in [7, 11) is 0. The topological polar surface area (TPSA) is 67.4 Å². The average molecular weight is 298 g/mol. The zero-order valence-electron chi connectivity index (χ0n) is 12.2. The van der Waals surface area contributed by atoms with E-state index in [1.54, 1.807) is 12.4 Å². The van der Waals surface area contributed by atoms with Gasteiger partial charge in [-0.15, -0.1) is 0 Å². The summed E-state index contributed by atoms with van der Waals surface area (Å²) in [6, 6.07) is 9.78. The van der Waals surface area contributed by atoms with E-state index in [9.17, 15) is 4.79 Å². The van der Waals surface area contributed by atoms with Gasteiger partial charge in [-0.25, -0.2) is 9.97 Å². The maximum atomic E-state index is 12.1. The number of morpholine rings is 1. The minimum absolute atomic E-state index is 0.169. The zero-order chi connectivity index (χ0) is 15.2. The lowest BCUT2D eigenvalue weighted by Crippen LogP contribution is -2.37. The van der Waals surface area contributed by atoms with Gasteiger partial charge in [-0.1, -0.05) is 30.3 Å². The van der Waals surface area contributed by atoms with Crippen molar-refractivity contribution in [1.82, 2.24) is 15.3 Å². The lowest BCUT2D eigenvalue weighted by Gasteiger charge is -2.26. The lowest BCUT2D eigenvalue weighted by molar-refractivity contribution is 0.0950. The third kappa shape index (κ3) is 3.59. The summed E-state index contributed by atoms with van der Waals surface area (Å²) < 4.78 is 5.30. The highest BCUT2D eigenvalue weighted by Crippen LogP contribution is 2.09. The number of benzene rings is 1. The van der Waals surface area contributed by atoms with Gasteiger partial charge >= 0.3 is 0 Å². The third-order valence-electron chi connectivity index (χ3n) is 3.49. The van der Waals surface area contributed by atoms with E-state index in [2.05, 4.69) is 20.2 Å². The van der Waals surface area contributed by atoms with E-state index in [-0.39, 0.29) is 5.91 Å². The number of carbonyl (C=O) groups is 1. The molecule has 1 amide bonds. The highest BCUT2D eigenvalue weighted by molar-refractivity contribution is 5.93. The molecule has 0 radical (unpaired) electrons. The minimum atomic E-state index is -0.169. The first-order valence-electron chi connectivity index (χ1n) is 7.30. The molecule has 6 heteroatoms. The lowest BCUT2D eigenvalue weighted by atomic mass is 10.2. The molecule has 0 spiro atoms. The standard InChI is InChI=1S/C16H18N4O2/c21-15(17-10-13-4-2-1-3-5-13)14-11-18-16(19-12-14)20-6-8-22-9-7-20/h1-5,11-12H,6-10H2,(H,17,21). The molecular formula is C16H18N4O2. The van der Waals surface area contributed by atoms with Gasteiger partial charge < -0.3 is 15.0 Å². The Kier molecular flexibility index (Phi) is 4.60. The van der Waals surface area contributed by atoms with Crippen LogP contribution in [0.25, 0.3) is 0 Å². The van der Waals surface area contributed by atoms with Crippen LogP contribution in [0.2, 0.25) is 0 Å². The number of carbonyl (C=O) groups excluding carboxylic acids is 1. The Morgan fingerprint density at radius 2 is 1.82 bits per heavy atom. The molecule has 0 saturated carbocycles. The first kappa shape index (κ1) is 14.5. The van der Waals surface area contributed by atoms with Crippen LogP contribution in [0.3, 0.4) is 0 Å². The van der Waals surface area contributed by atoms with Gasteiger partial charge in [-0.05, 0) is 5.56 Å². The highest BCUT2D eigenvalue weighted by Gasteiger charge is 2.14. The number of rotatable bonds is 4. The molecule has 6 nitrogen and oxygen atoms in total. The Morgan fingerprint density at radius 1 is 1.14 bits per heavy atom. The van der Waals surface area contributed by atoms with Gasteiger partial charge in [-0.2, -0.15) is 0 Å². The summed E-state index contributed by atoms with van der Waals surface area (Å²) in [5.41, 5.74) is 1.52. The predicted molar refractivity (Wildman–Crippen MR) is 82.7 cm³/mol. The molecule has 1 fully saturated rings. The number of hydrogen-bond acceptors (Lipinski definition) is 5. The van der Waals surface area contributed by atoms with Crippen LogP contribution in [0, 0.1) is 0 Å². The average Bonchev–Trinajstić information content (AvgIpc) is 2.61. The maximum absolute atomic E-state index is 12.1. The van der Waals surface area contributed by atoms with Crippen molar-refractivity contribution in [2.75, 3.05) is 31.2 Å². The van der Waals surface area contributed by atoms with Crippen molar-refractivity contribution in [3.8, 4) is 0 Å². The van der Waals surface area contributed by atoms with Gasteiger partial charge in [-0.3, -0.25) is 4.79 Å². The SMILES string of the molecule is O=C(NCc1ccccc1)c1cnc(N2CCOCC2)nc1. The molecule has 1 aliphatic heterocycles. The Morgan fingerprint density at radius 3 is 2.50 bits per heavy atom. The fourth-order valence-electron chi connectivity index (χ4n) is 2.25. The largest absolute Gasteiger partial charge is 0.378 e. The fourth-order valence-corrected chi connectivity index (χ4v) is 2.25. The van der Waals surface area contributed by atoms with Crippen LogP contribution >= 0.6 is 0 Å². The van der Waals surface area contributed by atoms with Crippen LogP contribution in [0.5, 0.6) is 0 Å². The molecule has 0 unspecified atom stereocenters. The summed E-state index contributed by atoms with van der Waals surface area (Å²) >= 11 is 0. The van der Waals surface area contributed by atoms with Gasteiger partial charge in [0.05, 0.1) is 18.8 Å². The van der Waals surface area contributed by atoms with Crippen molar-refractivity contribution in [3.05, 3.63) is 53.9 Å². The summed E-state index contributed by atoms with van der Waals surface area (Å²) in [6.45, 7) is 3.41. The smallest absolute Gasteiger partial charge is 0.254 e. The van der Waals surface area contributed by atoms with Crippen LogP contribution in [-0.2, 0) is 11.3 Å². The molecule has 114 valence electrons. The van der Waals surface area contributed by atoms with Crippen LogP contribution in [0.15, 0.2) is 42.7 Å². The second-order valence-corrected chi connectivity index (χ2v) is 5.04. The second kappa shape index (κ2) is 7.00. The summed E-state index contributed by atoms with van der Waals surface area (Å²) in [4.78, 5) is 22.7. The van der Waals surface area contributed by atoms with Gasteiger partial charge in [0.1, 0.15) is 0 Å². The number of nitrogens with zero attached hydrogens (tertiary/aromatic N) is 3. The van der Waals surface area contributed by atoms with Crippen LogP contribution in [0.1, 0.15) is 15.9 Å². The molecule has 22 heavy (non-hydrogen) atoms. The van der Waals surface area contributed by atoms with Crippen molar-refractivity contribution in [2.45, 2.75) is 6.54 Å². The fraction of sp³-hybridized carbons (Fsp3) is 0.312. The Balaban J connectivity index is 1.58. The van der Waals surface area contributed by atoms with Crippen LogP contribution < -0.4 is 10.2 Å². The summed E-state index contributed by atoms with van der Waals surface area (Å²) in [6.07, 6.45) is 3.14. The summed E-state index contributed by atoms with van der Waals surface area (Å²) in [5.74, 6) is 0.472. The summed E-state index contributed by atoms with van der Waals surface area (Å²) in [5, 5.41) is 2.86. The Hall–Kier alpha value is -2.47. The van der Waals surface area contributed by atoms with Crippen LogP contribution in [-0.4, -0.2) is 42.2 Å². The minimum Gasteiger partial charge on any atom is -0.378 e. The van der Waals surface area contributed by atoms with E-state index in [4.69, 9.17) is 4.74 Å². The van der Waals surface area contributed by atoms with E-state index in [0.29, 0.717) is 31.3 Å². The zero-order valence-corrected chi connectivity index (χ0v) is 12.2. The molecule has 3 rings (SSSR count). The monoisotopic (exact) mass is 298 g/mol. The quantitative estimate of drug-likeness (QED) is 0.920. The van der Waals surface area contributed by atoms with Gasteiger partial charge in [0, 0.05) is 32.0 Å². The van der Waals surface area contributed by atoms with E-state index in [1.807, 2.05) is 30.3 Å². The first-order valence-corrected chi connectivity index (χ1v) is 7.30. The molecule has 2 aromatic rings.